The average molecular weight is 183 g/mol. The van der Waals surface area contributed by atoms with E-state index in [0.717, 1.165) is 6.54 Å². The SMILES string of the molecule is CCN(C(=O)CC(C)(C)C)C1CC1. The molecule has 13 heavy (non-hydrogen) atoms. The second-order valence-corrected chi connectivity index (χ2v) is 5.15. The fraction of sp³-hybridized carbons (Fsp3) is 0.909. The van der Waals surface area contributed by atoms with Gasteiger partial charge in [0.25, 0.3) is 0 Å². The van der Waals surface area contributed by atoms with Gasteiger partial charge in [0.2, 0.25) is 5.91 Å². The first-order valence-corrected chi connectivity index (χ1v) is 5.23. The summed E-state index contributed by atoms with van der Waals surface area (Å²) in [5.41, 5.74) is 0.124. The van der Waals surface area contributed by atoms with Crippen LogP contribution in [-0.4, -0.2) is 23.4 Å². The van der Waals surface area contributed by atoms with Crippen LogP contribution in [0.15, 0.2) is 0 Å². The van der Waals surface area contributed by atoms with E-state index in [1.807, 2.05) is 4.90 Å². The van der Waals surface area contributed by atoms with E-state index in [2.05, 4.69) is 27.7 Å². The first-order valence-electron chi connectivity index (χ1n) is 5.23. The minimum atomic E-state index is 0.124. The first-order chi connectivity index (χ1) is 5.94. The lowest BCUT2D eigenvalue weighted by atomic mass is 9.91. The van der Waals surface area contributed by atoms with Crippen LogP contribution in [0.1, 0.15) is 47.0 Å². The lowest BCUT2D eigenvalue weighted by molar-refractivity contribution is -0.133. The Kier molecular flexibility index (Phi) is 2.99. The van der Waals surface area contributed by atoms with Crippen molar-refractivity contribution in [3.8, 4) is 0 Å². The Hall–Kier alpha value is -0.530. The minimum absolute atomic E-state index is 0.124. The molecule has 0 unspecified atom stereocenters. The summed E-state index contributed by atoms with van der Waals surface area (Å²) >= 11 is 0. The van der Waals surface area contributed by atoms with Crippen LogP contribution in [0, 0.1) is 5.41 Å². The Morgan fingerprint density at radius 1 is 1.38 bits per heavy atom. The van der Waals surface area contributed by atoms with Crippen molar-refractivity contribution in [2.45, 2.75) is 53.0 Å². The van der Waals surface area contributed by atoms with E-state index in [0.29, 0.717) is 18.4 Å². The molecule has 0 aromatic heterocycles. The van der Waals surface area contributed by atoms with E-state index in [-0.39, 0.29) is 5.41 Å². The molecule has 1 aliphatic carbocycles. The third kappa shape index (κ3) is 3.37. The molecule has 1 rings (SSSR count). The van der Waals surface area contributed by atoms with Crippen molar-refractivity contribution >= 4 is 5.91 Å². The maximum Gasteiger partial charge on any atom is 0.223 e. The van der Waals surface area contributed by atoms with Crippen LogP contribution in [0.3, 0.4) is 0 Å². The summed E-state index contributed by atoms with van der Waals surface area (Å²) in [6.07, 6.45) is 3.10. The van der Waals surface area contributed by atoms with Gasteiger partial charge < -0.3 is 4.90 Å². The molecule has 2 nitrogen and oxygen atoms in total. The van der Waals surface area contributed by atoms with Crippen molar-refractivity contribution in [2.24, 2.45) is 5.41 Å². The summed E-state index contributed by atoms with van der Waals surface area (Å²) in [6, 6.07) is 0.569. The summed E-state index contributed by atoms with van der Waals surface area (Å²) in [5, 5.41) is 0. The van der Waals surface area contributed by atoms with Crippen molar-refractivity contribution in [3.05, 3.63) is 0 Å². The Bertz CT molecular complexity index is 189. The van der Waals surface area contributed by atoms with E-state index < -0.39 is 0 Å². The predicted octanol–water partition coefficient (Wildman–Crippen LogP) is 2.43. The van der Waals surface area contributed by atoms with Gasteiger partial charge in [-0.2, -0.15) is 0 Å². The molecule has 0 heterocycles. The van der Waals surface area contributed by atoms with Gasteiger partial charge in [-0.05, 0) is 25.2 Å². The lowest BCUT2D eigenvalue weighted by Crippen LogP contribution is -2.35. The zero-order valence-electron chi connectivity index (χ0n) is 9.26. The molecule has 0 aromatic rings. The first kappa shape index (κ1) is 10.6. The number of carbonyl (C=O) groups is 1. The van der Waals surface area contributed by atoms with Gasteiger partial charge in [-0.15, -0.1) is 0 Å². The standard InChI is InChI=1S/C11H21NO/c1-5-12(9-6-7-9)10(13)8-11(2,3)4/h9H,5-8H2,1-4H3. The van der Waals surface area contributed by atoms with Crippen LogP contribution in [0.25, 0.3) is 0 Å². The van der Waals surface area contributed by atoms with E-state index >= 15 is 0 Å². The molecule has 0 aliphatic heterocycles. The summed E-state index contributed by atoms with van der Waals surface area (Å²) in [4.78, 5) is 13.8. The van der Waals surface area contributed by atoms with Crippen molar-refractivity contribution in [1.82, 2.24) is 4.90 Å². The monoisotopic (exact) mass is 183 g/mol. The summed E-state index contributed by atoms with van der Waals surface area (Å²) in [5.74, 6) is 0.331. The minimum Gasteiger partial charge on any atom is -0.340 e. The van der Waals surface area contributed by atoms with Gasteiger partial charge in [-0.1, -0.05) is 20.8 Å². The fourth-order valence-corrected chi connectivity index (χ4v) is 1.58. The number of hydrogen-bond donors (Lipinski definition) is 0. The average Bonchev–Trinajstić information content (AvgIpc) is 2.68. The molecule has 0 spiro atoms. The Labute approximate surface area is 81.3 Å². The highest BCUT2D eigenvalue weighted by atomic mass is 16.2. The number of amides is 1. The van der Waals surface area contributed by atoms with Gasteiger partial charge in [0, 0.05) is 19.0 Å². The molecule has 1 fully saturated rings. The van der Waals surface area contributed by atoms with Crippen molar-refractivity contribution in [1.29, 1.82) is 0 Å². The number of hydrogen-bond acceptors (Lipinski definition) is 1. The normalized spacial score (nSPS) is 17.2. The van der Waals surface area contributed by atoms with Crippen molar-refractivity contribution in [3.63, 3.8) is 0 Å². The third-order valence-corrected chi connectivity index (χ3v) is 2.33. The highest BCUT2D eigenvalue weighted by Gasteiger charge is 2.32. The lowest BCUT2D eigenvalue weighted by Gasteiger charge is -2.25. The number of carbonyl (C=O) groups excluding carboxylic acids is 1. The van der Waals surface area contributed by atoms with Crippen molar-refractivity contribution < 1.29 is 4.79 Å². The molecular formula is C11H21NO. The second-order valence-electron chi connectivity index (χ2n) is 5.15. The molecule has 76 valence electrons. The van der Waals surface area contributed by atoms with Gasteiger partial charge >= 0.3 is 0 Å². The van der Waals surface area contributed by atoms with E-state index in [4.69, 9.17) is 0 Å². The smallest absolute Gasteiger partial charge is 0.223 e. The quantitative estimate of drug-likeness (QED) is 0.658. The molecular weight excluding hydrogens is 162 g/mol. The molecule has 0 atom stereocenters. The van der Waals surface area contributed by atoms with Crippen LogP contribution in [-0.2, 0) is 4.79 Å². The Morgan fingerprint density at radius 2 is 1.92 bits per heavy atom. The van der Waals surface area contributed by atoms with Crippen molar-refractivity contribution in [2.75, 3.05) is 6.54 Å². The topological polar surface area (TPSA) is 20.3 Å². The van der Waals surface area contributed by atoms with E-state index in [1.165, 1.54) is 12.8 Å². The summed E-state index contributed by atoms with van der Waals surface area (Å²) < 4.78 is 0. The van der Waals surface area contributed by atoms with E-state index in [9.17, 15) is 4.79 Å². The zero-order chi connectivity index (χ0) is 10.1. The van der Waals surface area contributed by atoms with Gasteiger partial charge in [0.1, 0.15) is 0 Å². The van der Waals surface area contributed by atoms with Crippen LogP contribution in [0.2, 0.25) is 0 Å². The summed E-state index contributed by atoms with van der Waals surface area (Å²) in [6.45, 7) is 9.29. The highest BCUT2D eigenvalue weighted by molar-refractivity contribution is 5.77. The molecule has 1 aliphatic rings. The maximum absolute atomic E-state index is 11.8. The molecule has 2 heteroatoms. The zero-order valence-corrected chi connectivity index (χ0v) is 9.26. The predicted molar refractivity (Wildman–Crippen MR) is 54.5 cm³/mol. The fourth-order valence-electron chi connectivity index (χ4n) is 1.58. The van der Waals surface area contributed by atoms with E-state index in [1.54, 1.807) is 0 Å². The molecule has 0 bridgehead atoms. The number of nitrogens with zero attached hydrogens (tertiary/aromatic N) is 1. The Morgan fingerprint density at radius 3 is 2.23 bits per heavy atom. The van der Waals surface area contributed by atoms with Gasteiger partial charge in [0.05, 0.1) is 0 Å². The van der Waals surface area contributed by atoms with Gasteiger partial charge in [0.15, 0.2) is 0 Å². The Balaban J connectivity index is 2.44. The van der Waals surface area contributed by atoms with Gasteiger partial charge in [-0.3, -0.25) is 4.79 Å². The third-order valence-electron chi connectivity index (χ3n) is 2.33. The second kappa shape index (κ2) is 3.69. The van der Waals surface area contributed by atoms with Crippen LogP contribution in [0.5, 0.6) is 0 Å². The van der Waals surface area contributed by atoms with Crippen LogP contribution in [0.4, 0.5) is 0 Å². The largest absolute Gasteiger partial charge is 0.340 e. The van der Waals surface area contributed by atoms with Gasteiger partial charge in [-0.25, -0.2) is 0 Å². The molecule has 0 saturated heterocycles. The number of rotatable bonds is 3. The molecule has 0 aromatic carbocycles. The summed E-state index contributed by atoms with van der Waals surface area (Å²) in [7, 11) is 0. The molecule has 1 saturated carbocycles. The molecule has 0 radical (unpaired) electrons. The maximum atomic E-state index is 11.8. The van der Waals surface area contributed by atoms with Crippen LogP contribution >= 0.6 is 0 Å². The highest BCUT2D eigenvalue weighted by Crippen LogP contribution is 2.29. The van der Waals surface area contributed by atoms with Crippen LogP contribution < -0.4 is 0 Å². The molecule has 1 amide bonds. The molecule has 0 N–H and O–H groups in total.